The number of nitrogens with zero attached hydrogens (tertiary/aromatic N) is 2. The number of nitrogens with one attached hydrogen (secondary N) is 1. The summed E-state index contributed by atoms with van der Waals surface area (Å²) in [6.45, 7) is 1.79. The van der Waals surface area contributed by atoms with Crippen molar-refractivity contribution in [1.82, 2.24) is 4.90 Å². The normalized spacial score (nSPS) is 29.4. The molecule has 2 bridgehead atoms. The fourth-order valence-electron chi connectivity index (χ4n) is 3.72. The standard InChI is InChI=1S/C15H21N3O2/c1-10-7-11(3-6-15(10)18(19)20)16-12-8-13-4-5-14(9-12)17(13)2/h3,6-7,12-14,16H,4-5,8-9H2,1-2H3. The van der Waals surface area contributed by atoms with Crippen LogP contribution in [-0.4, -0.2) is 35.0 Å². The van der Waals surface area contributed by atoms with Gasteiger partial charge in [0.15, 0.2) is 0 Å². The zero-order valence-corrected chi connectivity index (χ0v) is 12.0. The third-order valence-corrected chi connectivity index (χ3v) is 4.86. The Morgan fingerprint density at radius 3 is 2.50 bits per heavy atom. The molecule has 1 N–H and O–H groups in total. The Hall–Kier alpha value is -1.62. The van der Waals surface area contributed by atoms with E-state index < -0.39 is 0 Å². The van der Waals surface area contributed by atoms with Crippen molar-refractivity contribution in [2.45, 2.75) is 50.7 Å². The molecule has 2 fully saturated rings. The molecule has 2 aliphatic rings. The Morgan fingerprint density at radius 1 is 1.30 bits per heavy atom. The molecule has 1 aromatic carbocycles. The Bertz CT molecular complexity index is 518. The van der Waals surface area contributed by atoms with Crippen LogP contribution < -0.4 is 5.32 Å². The zero-order valence-electron chi connectivity index (χ0n) is 12.0. The number of nitro benzene ring substituents is 1. The fraction of sp³-hybridized carbons (Fsp3) is 0.600. The number of nitro groups is 1. The lowest BCUT2D eigenvalue weighted by Gasteiger charge is -2.37. The number of piperidine rings is 1. The molecule has 5 nitrogen and oxygen atoms in total. The number of rotatable bonds is 3. The fourth-order valence-corrected chi connectivity index (χ4v) is 3.72. The summed E-state index contributed by atoms with van der Waals surface area (Å²) >= 11 is 0. The van der Waals surface area contributed by atoms with Gasteiger partial charge in [0, 0.05) is 35.4 Å². The molecular formula is C15H21N3O2. The van der Waals surface area contributed by atoms with Crippen LogP contribution >= 0.6 is 0 Å². The average Bonchev–Trinajstić information content (AvgIpc) is 2.62. The van der Waals surface area contributed by atoms with E-state index in [9.17, 15) is 10.1 Å². The second-order valence-corrected chi connectivity index (χ2v) is 6.12. The maximum absolute atomic E-state index is 10.8. The lowest BCUT2D eigenvalue weighted by atomic mass is 9.97. The summed E-state index contributed by atoms with van der Waals surface area (Å²) in [5.41, 5.74) is 1.91. The number of hydrogen-bond donors (Lipinski definition) is 1. The van der Waals surface area contributed by atoms with Gasteiger partial charge in [0.05, 0.1) is 4.92 Å². The molecule has 108 valence electrons. The largest absolute Gasteiger partial charge is 0.382 e. The maximum Gasteiger partial charge on any atom is 0.272 e. The minimum Gasteiger partial charge on any atom is -0.382 e. The van der Waals surface area contributed by atoms with Gasteiger partial charge in [0.1, 0.15) is 0 Å². The molecule has 0 spiro atoms. The number of aryl methyl sites for hydroxylation is 1. The van der Waals surface area contributed by atoms with E-state index in [4.69, 9.17) is 0 Å². The van der Waals surface area contributed by atoms with Gasteiger partial charge in [-0.25, -0.2) is 0 Å². The van der Waals surface area contributed by atoms with Gasteiger partial charge in [0.2, 0.25) is 0 Å². The van der Waals surface area contributed by atoms with Crippen molar-refractivity contribution in [2.75, 3.05) is 12.4 Å². The molecule has 0 saturated carbocycles. The summed E-state index contributed by atoms with van der Waals surface area (Å²) in [6.07, 6.45) is 4.95. The molecule has 0 aliphatic carbocycles. The summed E-state index contributed by atoms with van der Waals surface area (Å²) < 4.78 is 0. The average molecular weight is 275 g/mol. The van der Waals surface area contributed by atoms with Gasteiger partial charge >= 0.3 is 0 Å². The van der Waals surface area contributed by atoms with E-state index in [0.29, 0.717) is 18.1 Å². The minimum atomic E-state index is -0.324. The third-order valence-electron chi connectivity index (χ3n) is 4.86. The molecule has 2 saturated heterocycles. The summed E-state index contributed by atoms with van der Waals surface area (Å²) in [4.78, 5) is 13.0. The summed E-state index contributed by atoms with van der Waals surface area (Å²) in [5.74, 6) is 0. The Labute approximate surface area is 119 Å². The van der Waals surface area contributed by atoms with Crippen molar-refractivity contribution in [3.63, 3.8) is 0 Å². The number of hydrogen-bond acceptors (Lipinski definition) is 4. The van der Waals surface area contributed by atoms with Gasteiger partial charge in [-0.2, -0.15) is 0 Å². The highest BCUT2D eigenvalue weighted by atomic mass is 16.6. The first kappa shape index (κ1) is 13.4. The highest BCUT2D eigenvalue weighted by molar-refractivity contribution is 5.54. The molecule has 20 heavy (non-hydrogen) atoms. The minimum absolute atomic E-state index is 0.194. The molecule has 2 aliphatic heterocycles. The predicted octanol–water partition coefficient (Wildman–Crippen LogP) is 2.94. The molecule has 5 heteroatoms. The maximum atomic E-state index is 10.8. The van der Waals surface area contributed by atoms with Crippen LogP contribution in [0.1, 0.15) is 31.2 Å². The molecule has 0 radical (unpaired) electrons. The van der Waals surface area contributed by atoms with Crippen molar-refractivity contribution in [3.05, 3.63) is 33.9 Å². The molecule has 1 aromatic rings. The van der Waals surface area contributed by atoms with Crippen LogP contribution in [0.4, 0.5) is 11.4 Å². The Kier molecular flexibility index (Phi) is 3.38. The Morgan fingerprint density at radius 2 is 1.95 bits per heavy atom. The summed E-state index contributed by atoms with van der Waals surface area (Å²) in [6, 6.07) is 7.20. The lowest BCUT2D eigenvalue weighted by molar-refractivity contribution is -0.385. The van der Waals surface area contributed by atoms with E-state index in [-0.39, 0.29) is 10.6 Å². The third kappa shape index (κ3) is 2.38. The highest BCUT2D eigenvalue weighted by Crippen LogP contribution is 2.35. The summed E-state index contributed by atoms with van der Waals surface area (Å²) in [5, 5.41) is 14.4. The van der Waals surface area contributed by atoms with Gasteiger partial charge in [0.25, 0.3) is 5.69 Å². The van der Waals surface area contributed by atoms with Crippen LogP contribution in [0.25, 0.3) is 0 Å². The SMILES string of the molecule is Cc1cc(NC2CC3CCC(C2)N3C)ccc1[N+](=O)[O-]. The van der Waals surface area contributed by atoms with Gasteiger partial charge in [-0.05, 0) is 51.8 Å². The quantitative estimate of drug-likeness (QED) is 0.680. The molecule has 2 heterocycles. The second kappa shape index (κ2) is 5.05. The molecule has 0 aromatic heterocycles. The van der Waals surface area contributed by atoms with Crippen LogP contribution in [0.5, 0.6) is 0 Å². The van der Waals surface area contributed by atoms with Gasteiger partial charge < -0.3 is 10.2 Å². The van der Waals surface area contributed by atoms with Crippen LogP contribution in [0.15, 0.2) is 18.2 Å². The molecular weight excluding hydrogens is 254 g/mol. The molecule has 0 amide bonds. The topological polar surface area (TPSA) is 58.4 Å². The van der Waals surface area contributed by atoms with E-state index in [0.717, 1.165) is 11.3 Å². The number of fused-ring (bicyclic) bond motifs is 2. The van der Waals surface area contributed by atoms with Gasteiger partial charge in [-0.1, -0.05) is 0 Å². The first-order chi connectivity index (χ1) is 9.54. The van der Waals surface area contributed by atoms with Crippen LogP contribution in [0, 0.1) is 17.0 Å². The van der Waals surface area contributed by atoms with Gasteiger partial charge in [-0.3, -0.25) is 10.1 Å². The van der Waals surface area contributed by atoms with E-state index in [1.165, 1.54) is 25.7 Å². The highest BCUT2D eigenvalue weighted by Gasteiger charge is 2.38. The van der Waals surface area contributed by atoms with Crippen molar-refractivity contribution in [1.29, 1.82) is 0 Å². The first-order valence-corrected chi connectivity index (χ1v) is 7.28. The van der Waals surface area contributed by atoms with E-state index in [1.54, 1.807) is 13.0 Å². The van der Waals surface area contributed by atoms with Crippen LogP contribution in [0.2, 0.25) is 0 Å². The lowest BCUT2D eigenvalue weighted by Crippen LogP contribution is -2.44. The Balaban J connectivity index is 1.70. The molecule has 2 atom stereocenters. The van der Waals surface area contributed by atoms with Crippen molar-refractivity contribution in [3.8, 4) is 0 Å². The van der Waals surface area contributed by atoms with Crippen molar-refractivity contribution >= 4 is 11.4 Å². The van der Waals surface area contributed by atoms with Gasteiger partial charge in [-0.15, -0.1) is 0 Å². The number of anilines is 1. The van der Waals surface area contributed by atoms with E-state index >= 15 is 0 Å². The molecule has 2 unspecified atom stereocenters. The van der Waals surface area contributed by atoms with E-state index in [2.05, 4.69) is 17.3 Å². The van der Waals surface area contributed by atoms with Crippen molar-refractivity contribution < 1.29 is 4.92 Å². The zero-order chi connectivity index (χ0) is 14.3. The monoisotopic (exact) mass is 275 g/mol. The van der Waals surface area contributed by atoms with E-state index in [1.807, 2.05) is 12.1 Å². The number of benzene rings is 1. The second-order valence-electron chi connectivity index (χ2n) is 6.12. The first-order valence-electron chi connectivity index (χ1n) is 7.28. The van der Waals surface area contributed by atoms with Crippen LogP contribution in [0.3, 0.4) is 0 Å². The van der Waals surface area contributed by atoms with Crippen molar-refractivity contribution in [2.24, 2.45) is 0 Å². The summed E-state index contributed by atoms with van der Waals surface area (Å²) in [7, 11) is 2.23. The molecule has 3 rings (SSSR count). The predicted molar refractivity (Wildman–Crippen MR) is 79.1 cm³/mol. The smallest absolute Gasteiger partial charge is 0.272 e. The van der Waals surface area contributed by atoms with Crippen LogP contribution in [-0.2, 0) is 0 Å².